The van der Waals surface area contributed by atoms with Gasteiger partial charge in [-0.1, -0.05) is 12.5 Å². The minimum Gasteiger partial charge on any atom is -0.396 e. The molecule has 4 heteroatoms. The summed E-state index contributed by atoms with van der Waals surface area (Å²) in [6, 6.07) is 4.62. The first-order chi connectivity index (χ1) is 10.3. The fraction of sp³-hybridized carbons (Fsp3) is 0.706. The number of nitrogens with one attached hydrogen (secondary N) is 1. The number of aliphatic hydroxyl groups excluding tert-OH is 1. The molecule has 21 heavy (non-hydrogen) atoms. The third-order valence-corrected chi connectivity index (χ3v) is 5.31. The van der Waals surface area contributed by atoms with E-state index in [1.54, 1.807) is 0 Å². The Kier molecular flexibility index (Phi) is 7.24. The quantitative estimate of drug-likeness (QED) is 0.722. The minimum atomic E-state index is 0.207. The number of carbonyl (C=O) groups is 1. The normalized spacial score (nSPS) is 22.1. The molecule has 0 unspecified atom stereocenters. The number of amides is 1. The third kappa shape index (κ3) is 6.18. The van der Waals surface area contributed by atoms with E-state index in [4.69, 9.17) is 5.11 Å². The molecular formula is C17H27NO2S. The van der Waals surface area contributed by atoms with Crippen LogP contribution in [0, 0.1) is 5.92 Å². The van der Waals surface area contributed by atoms with E-state index in [2.05, 4.69) is 22.8 Å². The largest absolute Gasteiger partial charge is 0.396 e. The van der Waals surface area contributed by atoms with Gasteiger partial charge in [0.1, 0.15) is 0 Å². The minimum absolute atomic E-state index is 0.207. The van der Waals surface area contributed by atoms with Crippen LogP contribution in [0.2, 0.25) is 0 Å². The van der Waals surface area contributed by atoms with E-state index in [0.29, 0.717) is 25.0 Å². The van der Waals surface area contributed by atoms with E-state index < -0.39 is 0 Å². The molecule has 1 heterocycles. The fourth-order valence-corrected chi connectivity index (χ4v) is 3.76. The summed E-state index contributed by atoms with van der Waals surface area (Å²) in [4.78, 5) is 13.3. The SMILES string of the molecule is O=C(CCCCCc1cccs1)NC1CCC(CO)CC1. The van der Waals surface area contributed by atoms with Gasteiger partial charge in [0.2, 0.25) is 5.91 Å². The van der Waals surface area contributed by atoms with Crippen molar-refractivity contribution < 1.29 is 9.90 Å². The van der Waals surface area contributed by atoms with Gasteiger partial charge in [-0.25, -0.2) is 0 Å². The number of rotatable bonds is 8. The molecule has 1 saturated carbocycles. The molecule has 1 fully saturated rings. The van der Waals surface area contributed by atoms with Gasteiger partial charge in [0.25, 0.3) is 0 Å². The molecule has 1 amide bonds. The fourth-order valence-electron chi connectivity index (χ4n) is 3.01. The van der Waals surface area contributed by atoms with Gasteiger partial charge in [0.15, 0.2) is 0 Å². The van der Waals surface area contributed by atoms with Crippen molar-refractivity contribution in [3.05, 3.63) is 22.4 Å². The number of aliphatic hydroxyl groups is 1. The zero-order valence-corrected chi connectivity index (χ0v) is 13.5. The molecule has 1 aliphatic carbocycles. The third-order valence-electron chi connectivity index (χ3n) is 4.38. The van der Waals surface area contributed by atoms with Crippen LogP contribution >= 0.6 is 11.3 Å². The van der Waals surface area contributed by atoms with E-state index in [-0.39, 0.29) is 5.91 Å². The molecule has 1 aliphatic rings. The highest BCUT2D eigenvalue weighted by atomic mass is 32.1. The zero-order chi connectivity index (χ0) is 14.9. The van der Waals surface area contributed by atoms with Gasteiger partial charge in [-0.15, -0.1) is 11.3 Å². The van der Waals surface area contributed by atoms with Crippen molar-refractivity contribution in [3.8, 4) is 0 Å². The van der Waals surface area contributed by atoms with E-state index in [1.807, 2.05) is 11.3 Å². The Hall–Kier alpha value is -0.870. The van der Waals surface area contributed by atoms with Crippen molar-refractivity contribution >= 4 is 17.2 Å². The number of thiophene rings is 1. The number of unbranched alkanes of at least 4 members (excludes halogenated alkanes) is 2. The molecule has 0 saturated heterocycles. The summed E-state index contributed by atoms with van der Waals surface area (Å²) < 4.78 is 0. The highest BCUT2D eigenvalue weighted by molar-refractivity contribution is 7.09. The predicted molar refractivity (Wildman–Crippen MR) is 87.5 cm³/mol. The summed E-state index contributed by atoms with van der Waals surface area (Å²) in [6.07, 6.45) is 9.23. The molecule has 0 aliphatic heterocycles. The van der Waals surface area contributed by atoms with Crippen molar-refractivity contribution in [1.82, 2.24) is 5.32 Å². The molecule has 0 spiro atoms. The van der Waals surface area contributed by atoms with E-state index in [1.165, 1.54) is 11.3 Å². The monoisotopic (exact) mass is 309 g/mol. The van der Waals surface area contributed by atoms with E-state index in [0.717, 1.165) is 44.9 Å². The second-order valence-corrected chi connectivity index (χ2v) is 7.14. The smallest absolute Gasteiger partial charge is 0.220 e. The summed E-state index contributed by atoms with van der Waals surface area (Å²) in [5.74, 6) is 0.661. The lowest BCUT2D eigenvalue weighted by Gasteiger charge is -2.27. The highest BCUT2D eigenvalue weighted by Crippen LogP contribution is 2.23. The van der Waals surface area contributed by atoms with Crippen LogP contribution in [0.3, 0.4) is 0 Å². The first-order valence-electron chi connectivity index (χ1n) is 8.20. The van der Waals surface area contributed by atoms with E-state index >= 15 is 0 Å². The number of aryl methyl sites for hydroxylation is 1. The van der Waals surface area contributed by atoms with Crippen LogP contribution in [0.5, 0.6) is 0 Å². The molecule has 0 radical (unpaired) electrons. The maximum Gasteiger partial charge on any atom is 0.220 e. The standard InChI is InChI=1S/C17H27NO2S/c19-13-14-8-10-15(11-9-14)18-17(20)7-3-1-2-5-16-6-4-12-21-16/h4,6,12,14-15,19H,1-3,5,7-11,13H2,(H,18,20). The molecule has 2 rings (SSSR count). The van der Waals surface area contributed by atoms with Gasteiger partial charge in [-0.05, 0) is 62.3 Å². The lowest BCUT2D eigenvalue weighted by Crippen LogP contribution is -2.37. The molecule has 3 nitrogen and oxygen atoms in total. The van der Waals surface area contributed by atoms with Gasteiger partial charge < -0.3 is 10.4 Å². The topological polar surface area (TPSA) is 49.3 Å². The Morgan fingerprint density at radius 1 is 1.24 bits per heavy atom. The zero-order valence-electron chi connectivity index (χ0n) is 12.7. The molecule has 0 aromatic carbocycles. The van der Waals surface area contributed by atoms with Crippen LogP contribution in [0.1, 0.15) is 56.2 Å². The van der Waals surface area contributed by atoms with Crippen molar-refractivity contribution in [1.29, 1.82) is 0 Å². The first-order valence-corrected chi connectivity index (χ1v) is 9.08. The maximum atomic E-state index is 11.9. The van der Waals surface area contributed by atoms with Gasteiger partial charge in [-0.3, -0.25) is 4.79 Å². The highest BCUT2D eigenvalue weighted by Gasteiger charge is 2.21. The van der Waals surface area contributed by atoms with Gasteiger partial charge >= 0.3 is 0 Å². The van der Waals surface area contributed by atoms with Gasteiger partial charge in [0.05, 0.1) is 0 Å². The van der Waals surface area contributed by atoms with Crippen LogP contribution in [0.15, 0.2) is 17.5 Å². The molecule has 2 N–H and O–H groups in total. The average molecular weight is 309 g/mol. The molecule has 1 aromatic rings. The van der Waals surface area contributed by atoms with Crippen LogP contribution in [0.4, 0.5) is 0 Å². The van der Waals surface area contributed by atoms with Crippen LogP contribution < -0.4 is 5.32 Å². The first kappa shape index (κ1) is 16.5. The second kappa shape index (κ2) is 9.21. The lowest BCUT2D eigenvalue weighted by atomic mass is 9.86. The van der Waals surface area contributed by atoms with Crippen LogP contribution in [-0.4, -0.2) is 23.7 Å². The Bertz CT molecular complexity index is 397. The summed E-state index contributed by atoms with van der Waals surface area (Å²) in [7, 11) is 0. The van der Waals surface area contributed by atoms with Crippen molar-refractivity contribution in [3.63, 3.8) is 0 Å². The Labute approximate surface area is 131 Å². The predicted octanol–water partition coefficient (Wildman–Crippen LogP) is 3.52. The van der Waals surface area contributed by atoms with Gasteiger partial charge in [0, 0.05) is 23.9 Å². The maximum absolute atomic E-state index is 11.9. The summed E-state index contributed by atoms with van der Waals surface area (Å²) in [5, 5.41) is 14.4. The number of carbonyl (C=O) groups excluding carboxylic acids is 1. The Balaban J connectivity index is 1.50. The number of hydrogen-bond donors (Lipinski definition) is 2. The Morgan fingerprint density at radius 3 is 2.71 bits per heavy atom. The molecule has 118 valence electrons. The average Bonchev–Trinajstić information content (AvgIpc) is 3.01. The van der Waals surface area contributed by atoms with Crippen molar-refractivity contribution in [2.75, 3.05) is 6.61 Å². The molecule has 0 bridgehead atoms. The van der Waals surface area contributed by atoms with E-state index in [9.17, 15) is 4.79 Å². The summed E-state index contributed by atoms with van der Waals surface area (Å²) in [5.41, 5.74) is 0. The molecule has 0 atom stereocenters. The van der Waals surface area contributed by atoms with Crippen LogP contribution in [0.25, 0.3) is 0 Å². The lowest BCUT2D eigenvalue weighted by molar-refractivity contribution is -0.122. The molecular weight excluding hydrogens is 282 g/mol. The van der Waals surface area contributed by atoms with Crippen LogP contribution in [-0.2, 0) is 11.2 Å². The second-order valence-electron chi connectivity index (χ2n) is 6.11. The summed E-state index contributed by atoms with van der Waals surface area (Å²) >= 11 is 1.82. The van der Waals surface area contributed by atoms with Gasteiger partial charge in [-0.2, -0.15) is 0 Å². The van der Waals surface area contributed by atoms with Crippen molar-refractivity contribution in [2.24, 2.45) is 5.92 Å². The Morgan fingerprint density at radius 2 is 2.05 bits per heavy atom. The molecule has 1 aromatic heterocycles. The van der Waals surface area contributed by atoms with Crippen molar-refractivity contribution in [2.45, 2.75) is 63.8 Å². The summed E-state index contributed by atoms with van der Waals surface area (Å²) in [6.45, 7) is 0.297. The number of hydrogen-bond acceptors (Lipinski definition) is 3.